The first-order valence-corrected chi connectivity index (χ1v) is 8.64. The first-order valence-electron chi connectivity index (χ1n) is 8.64. The molecular weight excluding hydrogens is 290 g/mol. The molecule has 0 bridgehead atoms. The van der Waals surface area contributed by atoms with Gasteiger partial charge in [-0.15, -0.1) is 0 Å². The monoisotopic (exact) mass is 317 g/mol. The highest BCUT2D eigenvalue weighted by Crippen LogP contribution is 2.51. The summed E-state index contributed by atoms with van der Waals surface area (Å²) in [4.78, 5) is 14.7. The van der Waals surface area contributed by atoms with Gasteiger partial charge in [0.05, 0.1) is 12.2 Å². The quantitative estimate of drug-likeness (QED) is 0.932. The third kappa shape index (κ3) is 2.79. The molecule has 1 aliphatic heterocycles. The number of carbonyl (C=O) groups is 1. The SMILES string of the molecule is CCOC1CC(O)C12CCN(C(=O)c1cc(C)ccc1C)CC2. The van der Waals surface area contributed by atoms with Gasteiger partial charge in [0.25, 0.3) is 5.91 Å². The zero-order valence-electron chi connectivity index (χ0n) is 14.3. The molecule has 1 aromatic rings. The van der Waals surface area contributed by atoms with Crippen LogP contribution >= 0.6 is 0 Å². The van der Waals surface area contributed by atoms with E-state index in [-0.39, 0.29) is 23.5 Å². The first kappa shape index (κ1) is 16.5. The van der Waals surface area contributed by atoms with Crippen molar-refractivity contribution in [1.82, 2.24) is 4.90 Å². The highest BCUT2D eigenvalue weighted by atomic mass is 16.5. The number of aliphatic hydroxyl groups excluding tert-OH is 1. The molecule has 1 amide bonds. The number of hydrogen-bond donors (Lipinski definition) is 1. The van der Waals surface area contributed by atoms with Crippen LogP contribution in [0.25, 0.3) is 0 Å². The molecule has 1 saturated heterocycles. The molecule has 1 aliphatic carbocycles. The van der Waals surface area contributed by atoms with Crippen molar-refractivity contribution in [2.75, 3.05) is 19.7 Å². The van der Waals surface area contributed by atoms with E-state index in [9.17, 15) is 9.90 Å². The van der Waals surface area contributed by atoms with Crippen LogP contribution in [0.4, 0.5) is 0 Å². The normalized spacial score (nSPS) is 26.2. The molecule has 3 rings (SSSR count). The maximum Gasteiger partial charge on any atom is 0.254 e. The Bertz CT molecular complexity index is 588. The Balaban J connectivity index is 1.69. The Morgan fingerprint density at radius 3 is 2.65 bits per heavy atom. The van der Waals surface area contributed by atoms with Crippen LogP contribution in [0.3, 0.4) is 0 Å². The molecule has 4 heteroatoms. The number of amides is 1. The van der Waals surface area contributed by atoms with Crippen LogP contribution in [0.2, 0.25) is 0 Å². The molecule has 4 nitrogen and oxygen atoms in total. The van der Waals surface area contributed by atoms with Crippen LogP contribution in [0.5, 0.6) is 0 Å². The lowest BCUT2D eigenvalue weighted by atomic mass is 9.58. The van der Waals surface area contributed by atoms with Crippen LogP contribution in [-0.4, -0.2) is 47.8 Å². The fourth-order valence-corrected chi connectivity index (χ4v) is 4.08. The van der Waals surface area contributed by atoms with Crippen molar-refractivity contribution in [2.24, 2.45) is 5.41 Å². The van der Waals surface area contributed by atoms with Gasteiger partial charge >= 0.3 is 0 Å². The van der Waals surface area contributed by atoms with E-state index in [0.717, 1.165) is 36.0 Å². The predicted octanol–water partition coefficient (Wildman–Crippen LogP) is 2.70. The summed E-state index contributed by atoms with van der Waals surface area (Å²) in [5, 5.41) is 10.3. The number of nitrogens with zero attached hydrogens (tertiary/aromatic N) is 1. The van der Waals surface area contributed by atoms with Crippen LogP contribution in [0.15, 0.2) is 18.2 Å². The molecule has 23 heavy (non-hydrogen) atoms. The van der Waals surface area contributed by atoms with Gasteiger partial charge in [-0.05, 0) is 45.2 Å². The number of ether oxygens (including phenoxy) is 1. The second-order valence-corrected chi connectivity index (χ2v) is 7.04. The summed E-state index contributed by atoms with van der Waals surface area (Å²) in [6, 6.07) is 6.02. The highest BCUT2D eigenvalue weighted by molar-refractivity contribution is 5.95. The van der Waals surface area contributed by atoms with Crippen molar-refractivity contribution < 1.29 is 14.6 Å². The maximum atomic E-state index is 12.8. The van der Waals surface area contributed by atoms with Crippen molar-refractivity contribution in [3.8, 4) is 0 Å². The van der Waals surface area contributed by atoms with Gasteiger partial charge in [0.1, 0.15) is 0 Å². The summed E-state index contributed by atoms with van der Waals surface area (Å²) in [5.74, 6) is 0.114. The molecule has 2 aliphatic rings. The summed E-state index contributed by atoms with van der Waals surface area (Å²) in [6.45, 7) is 8.08. The zero-order valence-corrected chi connectivity index (χ0v) is 14.3. The van der Waals surface area contributed by atoms with Gasteiger partial charge in [-0.2, -0.15) is 0 Å². The minimum Gasteiger partial charge on any atom is -0.392 e. The van der Waals surface area contributed by atoms with Gasteiger partial charge < -0.3 is 14.7 Å². The minimum atomic E-state index is -0.281. The smallest absolute Gasteiger partial charge is 0.254 e. The van der Waals surface area contributed by atoms with Crippen molar-refractivity contribution in [3.63, 3.8) is 0 Å². The van der Waals surface area contributed by atoms with E-state index >= 15 is 0 Å². The molecule has 1 saturated carbocycles. The van der Waals surface area contributed by atoms with E-state index in [1.807, 2.05) is 43.9 Å². The van der Waals surface area contributed by atoms with Gasteiger partial charge in [0, 0.05) is 37.1 Å². The maximum absolute atomic E-state index is 12.8. The Kier molecular flexibility index (Phi) is 4.47. The third-order valence-electron chi connectivity index (χ3n) is 5.72. The summed E-state index contributed by atoms with van der Waals surface area (Å²) in [7, 11) is 0. The standard InChI is InChI=1S/C19H27NO3/c1-4-23-17-12-16(21)19(17)7-9-20(10-8-19)18(22)15-11-13(2)5-6-14(15)3/h5-6,11,16-17,21H,4,7-10,12H2,1-3H3. The molecule has 0 aromatic heterocycles. The van der Waals surface area contributed by atoms with Crippen molar-refractivity contribution in [3.05, 3.63) is 34.9 Å². The Morgan fingerprint density at radius 2 is 2.04 bits per heavy atom. The molecule has 1 spiro atoms. The second-order valence-electron chi connectivity index (χ2n) is 7.04. The molecule has 2 atom stereocenters. The number of benzene rings is 1. The molecule has 2 unspecified atom stereocenters. The minimum absolute atomic E-state index is 0.114. The number of likely N-dealkylation sites (tertiary alicyclic amines) is 1. The third-order valence-corrected chi connectivity index (χ3v) is 5.72. The molecule has 2 fully saturated rings. The van der Waals surface area contributed by atoms with Crippen LogP contribution in [0.1, 0.15) is 47.7 Å². The summed E-state index contributed by atoms with van der Waals surface area (Å²) >= 11 is 0. The Hall–Kier alpha value is -1.39. The van der Waals surface area contributed by atoms with Gasteiger partial charge in [-0.25, -0.2) is 0 Å². The Morgan fingerprint density at radius 1 is 1.35 bits per heavy atom. The highest BCUT2D eigenvalue weighted by Gasteiger charge is 2.56. The lowest BCUT2D eigenvalue weighted by Crippen LogP contribution is -2.62. The number of rotatable bonds is 3. The number of hydrogen-bond acceptors (Lipinski definition) is 3. The average Bonchev–Trinajstić information content (AvgIpc) is 2.56. The lowest BCUT2D eigenvalue weighted by Gasteiger charge is -2.56. The first-order chi connectivity index (χ1) is 11.0. The fourth-order valence-electron chi connectivity index (χ4n) is 4.08. The average molecular weight is 317 g/mol. The number of aryl methyl sites for hydroxylation is 2. The zero-order chi connectivity index (χ0) is 16.6. The van der Waals surface area contributed by atoms with Gasteiger partial charge in [0.15, 0.2) is 0 Å². The molecular formula is C19H27NO3. The van der Waals surface area contributed by atoms with E-state index in [2.05, 4.69) is 0 Å². The number of carbonyl (C=O) groups excluding carboxylic acids is 1. The van der Waals surface area contributed by atoms with Gasteiger partial charge in [-0.3, -0.25) is 4.79 Å². The van der Waals surface area contributed by atoms with Crippen LogP contribution < -0.4 is 0 Å². The largest absolute Gasteiger partial charge is 0.392 e. The van der Waals surface area contributed by atoms with Crippen molar-refractivity contribution in [1.29, 1.82) is 0 Å². The van der Waals surface area contributed by atoms with Crippen LogP contribution in [-0.2, 0) is 4.74 Å². The van der Waals surface area contributed by atoms with E-state index in [4.69, 9.17) is 4.74 Å². The van der Waals surface area contributed by atoms with Gasteiger partial charge in [0.2, 0.25) is 0 Å². The van der Waals surface area contributed by atoms with E-state index < -0.39 is 0 Å². The van der Waals surface area contributed by atoms with Crippen LogP contribution in [0, 0.1) is 19.3 Å². The number of piperidine rings is 1. The molecule has 1 heterocycles. The van der Waals surface area contributed by atoms with E-state index in [1.165, 1.54) is 0 Å². The van der Waals surface area contributed by atoms with E-state index in [0.29, 0.717) is 19.7 Å². The molecule has 1 N–H and O–H groups in total. The molecule has 1 aromatic carbocycles. The fraction of sp³-hybridized carbons (Fsp3) is 0.632. The Labute approximate surface area is 138 Å². The molecule has 0 radical (unpaired) electrons. The van der Waals surface area contributed by atoms with E-state index in [1.54, 1.807) is 0 Å². The topological polar surface area (TPSA) is 49.8 Å². The lowest BCUT2D eigenvalue weighted by molar-refractivity contribution is -0.207. The summed E-state index contributed by atoms with van der Waals surface area (Å²) in [5.41, 5.74) is 2.81. The number of aliphatic hydroxyl groups is 1. The van der Waals surface area contributed by atoms with Crippen molar-refractivity contribution >= 4 is 5.91 Å². The van der Waals surface area contributed by atoms with Gasteiger partial charge in [-0.1, -0.05) is 17.7 Å². The predicted molar refractivity (Wildman–Crippen MR) is 89.5 cm³/mol. The summed E-state index contributed by atoms with van der Waals surface area (Å²) in [6.07, 6.45) is 2.27. The molecule has 126 valence electrons. The van der Waals surface area contributed by atoms with Crippen molar-refractivity contribution in [2.45, 2.75) is 52.2 Å². The second kappa shape index (κ2) is 6.25. The summed E-state index contributed by atoms with van der Waals surface area (Å²) < 4.78 is 5.79.